The van der Waals surface area contributed by atoms with Crippen molar-refractivity contribution >= 4 is 53.8 Å². The van der Waals surface area contributed by atoms with E-state index < -0.39 is 50.7 Å². The fourth-order valence-corrected chi connectivity index (χ4v) is 4.69. The molecular weight excluding hydrogens is 516 g/mol. The first-order valence-corrected chi connectivity index (χ1v) is 12.5. The minimum absolute atomic E-state index is 0. The number of anilines is 1. The summed E-state index contributed by atoms with van der Waals surface area (Å²) in [5.74, 6) is -0.502. The van der Waals surface area contributed by atoms with Crippen LogP contribution in [-0.2, 0) is 34.9 Å². The van der Waals surface area contributed by atoms with Gasteiger partial charge in [0.25, 0.3) is 0 Å². The summed E-state index contributed by atoms with van der Waals surface area (Å²) in [4.78, 5) is 9.09. The van der Waals surface area contributed by atoms with E-state index in [2.05, 4.69) is 11.9 Å². The number of carbonyl (C=O) groups excluding carboxylic acids is 1. The number of rotatable bonds is 7. The number of hydrogen-bond donors (Lipinski definition) is 1. The molecule has 0 saturated heterocycles. The zero-order valence-corrected chi connectivity index (χ0v) is 24.3. The Kier molecular flexibility index (Phi) is 11.9. The van der Waals surface area contributed by atoms with E-state index in [4.69, 9.17) is 0 Å². The third-order valence-corrected chi connectivity index (χ3v) is 6.98. The number of hydrogen-bond acceptors (Lipinski definition) is 9. The van der Waals surface area contributed by atoms with Gasteiger partial charge in [-0.1, -0.05) is 30.9 Å². The fourth-order valence-electron chi connectivity index (χ4n) is 2.49. The van der Waals surface area contributed by atoms with Crippen molar-refractivity contribution in [3.05, 3.63) is 59.5 Å². The molecule has 0 spiro atoms. The standard InChI is InChI=1S/C18H17NO9S3.2Na/c1-3-29(21,22)16-9-7-14(18(11-16)31(26,27)28)5-4-13-6-8-15(19-12(2)20)10-17(13)30(23,24)25;;/h3-11H,1H2,2H3,(H,19,20)(H,23,24,25)(H,26,27,28);;/q;2*+1/p-2. The van der Waals surface area contributed by atoms with Gasteiger partial charge in [0.1, 0.15) is 20.2 Å². The van der Waals surface area contributed by atoms with Crippen molar-refractivity contribution < 1.29 is 98.3 Å². The molecule has 0 aliphatic heterocycles. The average Bonchev–Trinajstić information content (AvgIpc) is 2.64. The van der Waals surface area contributed by atoms with Gasteiger partial charge in [-0.3, -0.25) is 4.79 Å². The molecule has 0 aliphatic rings. The molecule has 10 nitrogen and oxygen atoms in total. The summed E-state index contributed by atoms with van der Waals surface area (Å²) in [7, 11) is -14.1. The van der Waals surface area contributed by atoms with Gasteiger partial charge >= 0.3 is 59.1 Å². The van der Waals surface area contributed by atoms with E-state index in [0.29, 0.717) is 11.5 Å². The van der Waals surface area contributed by atoms with Crippen molar-refractivity contribution in [2.75, 3.05) is 5.32 Å². The van der Waals surface area contributed by atoms with Crippen LogP contribution < -0.4 is 64.4 Å². The zero-order valence-electron chi connectivity index (χ0n) is 17.8. The van der Waals surface area contributed by atoms with Gasteiger partial charge < -0.3 is 14.4 Å². The molecule has 0 saturated carbocycles. The van der Waals surface area contributed by atoms with Crippen LogP contribution in [0.5, 0.6) is 0 Å². The summed E-state index contributed by atoms with van der Waals surface area (Å²) in [5.41, 5.74) is -0.347. The Balaban J connectivity index is 0.00000512. The number of carbonyl (C=O) groups is 1. The number of sulfone groups is 1. The summed E-state index contributed by atoms with van der Waals surface area (Å²) in [5, 5.41) is 2.91. The molecule has 0 aromatic heterocycles. The van der Waals surface area contributed by atoms with Gasteiger partial charge in [-0.15, -0.1) is 0 Å². The molecule has 0 unspecified atom stereocenters. The molecule has 2 aromatic rings. The molecule has 33 heavy (non-hydrogen) atoms. The van der Waals surface area contributed by atoms with Crippen LogP contribution in [0, 0.1) is 0 Å². The van der Waals surface area contributed by atoms with Crippen molar-refractivity contribution in [2.24, 2.45) is 0 Å². The molecule has 15 heteroatoms. The van der Waals surface area contributed by atoms with Crippen LogP contribution in [0.15, 0.2) is 63.1 Å². The van der Waals surface area contributed by atoms with Crippen molar-refractivity contribution in [3.63, 3.8) is 0 Å². The maximum Gasteiger partial charge on any atom is 1.00 e. The Labute approximate surface area is 236 Å². The summed E-state index contributed by atoms with van der Waals surface area (Å²) in [6.07, 6.45) is 2.10. The summed E-state index contributed by atoms with van der Waals surface area (Å²) >= 11 is 0. The third-order valence-electron chi connectivity index (χ3n) is 3.85. The van der Waals surface area contributed by atoms with E-state index in [1.54, 1.807) is 0 Å². The molecule has 0 heterocycles. The number of benzene rings is 2. The van der Waals surface area contributed by atoms with E-state index in [1.807, 2.05) is 0 Å². The molecule has 1 N–H and O–H groups in total. The van der Waals surface area contributed by atoms with Crippen LogP contribution in [0.2, 0.25) is 0 Å². The van der Waals surface area contributed by atoms with E-state index >= 15 is 0 Å². The van der Waals surface area contributed by atoms with Crippen LogP contribution >= 0.6 is 0 Å². The van der Waals surface area contributed by atoms with Gasteiger partial charge in [0, 0.05) is 18.0 Å². The van der Waals surface area contributed by atoms with Gasteiger partial charge in [-0.2, -0.15) is 0 Å². The van der Waals surface area contributed by atoms with Crippen LogP contribution in [0.1, 0.15) is 18.1 Å². The Morgan fingerprint density at radius 3 is 1.73 bits per heavy atom. The van der Waals surface area contributed by atoms with E-state index in [0.717, 1.165) is 30.4 Å². The van der Waals surface area contributed by atoms with Crippen LogP contribution in [0.4, 0.5) is 5.69 Å². The summed E-state index contributed by atoms with van der Waals surface area (Å²) in [6, 6.07) is 6.15. The second-order valence-corrected chi connectivity index (χ2v) is 10.7. The van der Waals surface area contributed by atoms with Gasteiger partial charge in [-0.25, -0.2) is 25.3 Å². The van der Waals surface area contributed by atoms with Crippen molar-refractivity contribution in [1.29, 1.82) is 0 Å². The SMILES string of the molecule is C=CS(=O)(=O)c1ccc(C=Cc2ccc(NC(C)=O)cc2S(=O)(=O)[O-])c(S(=O)(=O)[O-])c1.[Na+].[Na+]. The second-order valence-electron chi connectivity index (χ2n) is 6.09. The Morgan fingerprint density at radius 2 is 1.30 bits per heavy atom. The molecule has 0 atom stereocenters. The topological polar surface area (TPSA) is 178 Å². The molecule has 0 aliphatic carbocycles. The van der Waals surface area contributed by atoms with E-state index in [9.17, 15) is 39.2 Å². The maximum atomic E-state index is 11.9. The summed E-state index contributed by atoms with van der Waals surface area (Å²) < 4.78 is 93.3. The number of nitrogens with one attached hydrogen (secondary N) is 1. The minimum atomic E-state index is -5.12. The Hall–Kier alpha value is -0.840. The van der Waals surface area contributed by atoms with Crippen LogP contribution in [0.3, 0.4) is 0 Å². The van der Waals surface area contributed by atoms with Crippen molar-refractivity contribution in [1.82, 2.24) is 0 Å². The monoisotopic (exact) mass is 531 g/mol. The maximum absolute atomic E-state index is 11.9. The van der Waals surface area contributed by atoms with E-state index in [-0.39, 0.29) is 75.9 Å². The average molecular weight is 531 g/mol. The Bertz CT molecular complexity index is 1420. The molecule has 0 bridgehead atoms. The molecule has 2 rings (SSSR count). The molecule has 0 radical (unpaired) electrons. The predicted octanol–water partition coefficient (Wildman–Crippen LogP) is -4.45. The van der Waals surface area contributed by atoms with Crippen LogP contribution in [-0.4, -0.2) is 40.3 Å². The van der Waals surface area contributed by atoms with Crippen molar-refractivity contribution in [2.45, 2.75) is 21.6 Å². The first kappa shape index (κ1) is 32.2. The van der Waals surface area contributed by atoms with Crippen LogP contribution in [0.25, 0.3) is 12.2 Å². The van der Waals surface area contributed by atoms with Gasteiger partial charge in [-0.05, 0) is 35.4 Å². The summed E-state index contributed by atoms with van der Waals surface area (Å²) in [6.45, 7) is 4.30. The minimum Gasteiger partial charge on any atom is -0.744 e. The van der Waals surface area contributed by atoms with E-state index in [1.165, 1.54) is 19.1 Å². The zero-order chi connectivity index (χ0) is 23.6. The first-order valence-electron chi connectivity index (χ1n) is 8.18. The quantitative estimate of drug-likeness (QED) is 0.210. The largest absolute Gasteiger partial charge is 1.00 e. The smallest absolute Gasteiger partial charge is 0.744 e. The first-order chi connectivity index (χ1) is 14.1. The third kappa shape index (κ3) is 8.71. The molecule has 0 fully saturated rings. The predicted molar refractivity (Wildman–Crippen MR) is 109 cm³/mol. The molecular formula is C18H15NNa2O9S3. The molecule has 166 valence electrons. The fraction of sp³-hybridized carbons (Fsp3) is 0.0556. The Morgan fingerprint density at radius 1 is 0.848 bits per heavy atom. The molecule has 1 amide bonds. The van der Waals surface area contributed by atoms with Gasteiger partial charge in [0.15, 0.2) is 9.84 Å². The normalized spacial score (nSPS) is 11.8. The van der Waals surface area contributed by atoms with Gasteiger partial charge in [0.2, 0.25) is 5.91 Å². The van der Waals surface area contributed by atoms with Gasteiger partial charge in [0.05, 0.1) is 14.7 Å². The number of amides is 1. The molecule has 2 aromatic carbocycles. The van der Waals surface area contributed by atoms with Crippen molar-refractivity contribution in [3.8, 4) is 0 Å². The second kappa shape index (κ2) is 12.2.